The summed E-state index contributed by atoms with van der Waals surface area (Å²) in [5.74, 6) is 1.18. The van der Waals surface area contributed by atoms with Crippen LogP contribution >= 0.6 is 0 Å². The van der Waals surface area contributed by atoms with E-state index in [1.165, 1.54) is 5.69 Å². The van der Waals surface area contributed by atoms with Crippen LogP contribution in [0.2, 0.25) is 0 Å². The summed E-state index contributed by atoms with van der Waals surface area (Å²) < 4.78 is 13.2. The van der Waals surface area contributed by atoms with Gasteiger partial charge in [0.15, 0.2) is 0 Å². The Kier molecular flexibility index (Phi) is 5.92. The topological polar surface area (TPSA) is 43.7 Å². The van der Waals surface area contributed by atoms with Crippen LogP contribution in [-0.4, -0.2) is 37.5 Å². The minimum Gasteiger partial charge on any atom is -0.493 e. The highest BCUT2D eigenvalue weighted by Crippen LogP contribution is 2.34. The lowest BCUT2D eigenvalue weighted by Gasteiger charge is -2.47. The number of anilines is 1. The highest BCUT2D eigenvalue weighted by molar-refractivity contribution is 5.51. The van der Waals surface area contributed by atoms with E-state index in [2.05, 4.69) is 49.9 Å². The van der Waals surface area contributed by atoms with Crippen molar-refractivity contribution in [3.63, 3.8) is 0 Å². The number of ether oxygens (including phenoxy) is 2. The average molecular weight is 411 g/mol. The molecule has 2 aliphatic rings. The van der Waals surface area contributed by atoms with Gasteiger partial charge in [0.25, 0.3) is 5.56 Å². The van der Waals surface area contributed by atoms with Gasteiger partial charge in [-0.05, 0) is 61.8 Å². The van der Waals surface area contributed by atoms with Gasteiger partial charge in [0.2, 0.25) is 0 Å². The number of nitrogens with zero attached hydrogens (tertiary/aromatic N) is 2. The maximum atomic E-state index is 12.9. The molecule has 0 aliphatic carbocycles. The van der Waals surface area contributed by atoms with Crippen LogP contribution in [0.25, 0.3) is 0 Å². The van der Waals surface area contributed by atoms with E-state index >= 15 is 0 Å². The van der Waals surface area contributed by atoms with Crippen molar-refractivity contribution in [3.8, 4) is 5.75 Å². The second kappa shape index (κ2) is 8.46. The van der Waals surface area contributed by atoms with Crippen LogP contribution in [0.1, 0.15) is 50.9 Å². The Hall–Kier alpha value is -2.27. The highest BCUT2D eigenvalue weighted by Gasteiger charge is 2.34. The largest absolute Gasteiger partial charge is 0.493 e. The van der Waals surface area contributed by atoms with Gasteiger partial charge >= 0.3 is 0 Å². The quantitative estimate of drug-likeness (QED) is 0.707. The first-order valence-corrected chi connectivity index (χ1v) is 11.1. The molecular weight excluding hydrogens is 376 g/mol. The molecule has 1 aromatic heterocycles. The molecule has 1 aromatic carbocycles. The molecule has 0 unspecified atom stereocenters. The van der Waals surface area contributed by atoms with Crippen LogP contribution in [0.15, 0.2) is 41.2 Å². The van der Waals surface area contributed by atoms with Gasteiger partial charge in [-0.15, -0.1) is 0 Å². The third kappa shape index (κ3) is 4.56. The van der Waals surface area contributed by atoms with E-state index in [0.29, 0.717) is 23.7 Å². The van der Waals surface area contributed by atoms with Crippen LogP contribution in [0.4, 0.5) is 5.69 Å². The number of aromatic nitrogens is 1. The van der Waals surface area contributed by atoms with Crippen LogP contribution in [0, 0.1) is 18.3 Å². The molecule has 1 atom stereocenters. The van der Waals surface area contributed by atoms with Crippen molar-refractivity contribution in [1.82, 2.24) is 4.57 Å². The Morgan fingerprint density at radius 1 is 1.13 bits per heavy atom. The minimum atomic E-state index is -0.0241. The molecule has 2 saturated heterocycles. The first kappa shape index (κ1) is 21.0. The Labute approximate surface area is 179 Å². The first-order chi connectivity index (χ1) is 14.3. The van der Waals surface area contributed by atoms with Crippen molar-refractivity contribution in [2.45, 2.75) is 46.6 Å². The van der Waals surface area contributed by atoms with E-state index in [0.717, 1.165) is 50.4 Å². The van der Waals surface area contributed by atoms with Gasteiger partial charge in [-0.3, -0.25) is 4.79 Å². The summed E-state index contributed by atoms with van der Waals surface area (Å²) in [4.78, 5) is 15.3. The van der Waals surface area contributed by atoms with Gasteiger partial charge in [-0.2, -0.15) is 0 Å². The molecule has 0 amide bonds. The maximum Gasteiger partial charge on any atom is 0.254 e. The minimum absolute atomic E-state index is 0.0157. The molecule has 162 valence electrons. The molecule has 3 heterocycles. The molecule has 5 heteroatoms. The Morgan fingerprint density at radius 2 is 1.80 bits per heavy atom. The Morgan fingerprint density at radius 3 is 2.40 bits per heavy atom. The smallest absolute Gasteiger partial charge is 0.254 e. The zero-order valence-corrected chi connectivity index (χ0v) is 18.7. The third-order valence-electron chi connectivity index (χ3n) is 6.43. The number of benzene rings is 1. The van der Waals surface area contributed by atoms with Crippen molar-refractivity contribution in [2.24, 2.45) is 11.3 Å². The van der Waals surface area contributed by atoms with Crippen LogP contribution in [0.5, 0.6) is 5.75 Å². The second-order valence-corrected chi connectivity index (χ2v) is 9.70. The monoisotopic (exact) mass is 410 g/mol. The summed E-state index contributed by atoms with van der Waals surface area (Å²) in [6.07, 6.45) is 2.05. The van der Waals surface area contributed by atoms with Gasteiger partial charge in [0, 0.05) is 43.8 Å². The SMILES string of the molecule is Cc1cc(OCC2CCOCC2)cc(=O)n1[C@H](C)c1ccc(N2CC(C)(C)C2)cc1. The zero-order chi connectivity index (χ0) is 21.3. The van der Waals surface area contributed by atoms with Gasteiger partial charge < -0.3 is 18.9 Å². The summed E-state index contributed by atoms with van der Waals surface area (Å²) in [5, 5.41) is 0. The Balaban J connectivity index is 1.44. The normalized spacial score (nSPS) is 19.9. The second-order valence-electron chi connectivity index (χ2n) is 9.70. The summed E-state index contributed by atoms with van der Waals surface area (Å²) in [5.41, 5.74) is 3.71. The standard InChI is InChI=1S/C25H34N2O3/c1-18-13-23(30-15-20-9-11-29-12-10-20)14-24(28)27(18)19(2)21-5-7-22(8-6-21)26-16-25(3,4)17-26/h5-8,13-14,19-20H,9-12,15-17H2,1-4H3/t19-/m1/s1. The lowest BCUT2D eigenvalue weighted by molar-refractivity contribution is 0.0497. The molecule has 0 N–H and O–H groups in total. The average Bonchev–Trinajstić information content (AvgIpc) is 2.71. The Bertz CT molecular complexity index is 918. The molecule has 4 rings (SSSR count). The zero-order valence-electron chi connectivity index (χ0n) is 18.7. The fraction of sp³-hybridized carbons (Fsp3) is 0.560. The van der Waals surface area contributed by atoms with Gasteiger partial charge in [-0.1, -0.05) is 26.0 Å². The molecule has 2 aliphatic heterocycles. The van der Waals surface area contributed by atoms with E-state index in [1.54, 1.807) is 6.07 Å². The fourth-order valence-corrected chi connectivity index (χ4v) is 4.67. The highest BCUT2D eigenvalue weighted by atomic mass is 16.5. The van der Waals surface area contributed by atoms with Gasteiger partial charge in [0.1, 0.15) is 5.75 Å². The van der Waals surface area contributed by atoms with Crippen molar-refractivity contribution < 1.29 is 9.47 Å². The summed E-state index contributed by atoms with van der Waals surface area (Å²) in [6.45, 7) is 13.1. The summed E-state index contributed by atoms with van der Waals surface area (Å²) >= 11 is 0. The molecule has 0 spiro atoms. The number of aryl methyl sites for hydroxylation is 1. The van der Waals surface area contributed by atoms with Crippen molar-refractivity contribution in [3.05, 3.63) is 58.0 Å². The van der Waals surface area contributed by atoms with Crippen LogP contribution < -0.4 is 15.2 Å². The fourth-order valence-electron chi connectivity index (χ4n) is 4.67. The van der Waals surface area contributed by atoms with Gasteiger partial charge in [-0.25, -0.2) is 0 Å². The lowest BCUT2D eigenvalue weighted by Crippen LogP contribution is -2.53. The summed E-state index contributed by atoms with van der Waals surface area (Å²) in [7, 11) is 0. The molecule has 0 bridgehead atoms. The number of pyridine rings is 1. The molecule has 2 fully saturated rings. The molecule has 0 saturated carbocycles. The van der Waals surface area contributed by atoms with Gasteiger partial charge in [0.05, 0.1) is 12.6 Å². The number of hydrogen-bond acceptors (Lipinski definition) is 4. The number of rotatable bonds is 6. The molecule has 2 aromatic rings. The molecule has 5 nitrogen and oxygen atoms in total. The predicted molar refractivity (Wildman–Crippen MR) is 121 cm³/mol. The van der Waals surface area contributed by atoms with E-state index in [9.17, 15) is 4.79 Å². The van der Waals surface area contributed by atoms with Crippen LogP contribution in [0.3, 0.4) is 0 Å². The molecular formula is C25H34N2O3. The predicted octanol–water partition coefficient (Wildman–Crippen LogP) is 4.42. The van der Waals surface area contributed by atoms with Crippen molar-refractivity contribution >= 4 is 5.69 Å². The lowest BCUT2D eigenvalue weighted by atomic mass is 9.84. The summed E-state index contributed by atoms with van der Waals surface area (Å²) in [6, 6.07) is 12.2. The molecule has 30 heavy (non-hydrogen) atoms. The maximum absolute atomic E-state index is 12.9. The third-order valence-corrected chi connectivity index (χ3v) is 6.43. The molecule has 0 radical (unpaired) electrons. The van der Waals surface area contributed by atoms with Crippen LogP contribution in [-0.2, 0) is 4.74 Å². The van der Waals surface area contributed by atoms with Crippen molar-refractivity contribution in [1.29, 1.82) is 0 Å². The van der Waals surface area contributed by atoms with E-state index < -0.39 is 0 Å². The van der Waals surface area contributed by atoms with Crippen molar-refractivity contribution in [2.75, 3.05) is 37.8 Å². The first-order valence-electron chi connectivity index (χ1n) is 11.1. The van der Waals surface area contributed by atoms with E-state index in [1.807, 2.05) is 17.6 Å². The van der Waals surface area contributed by atoms with E-state index in [-0.39, 0.29) is 11.6 Å². The number of hydrogen-bond donors (Lipinski definition) is 0. The van der Waals surface area contributed by atoms with E-state index in [4.69, 9.17) is 9.47 Å².